The molecule has 2 N–H and O–H groups in total. The lowest BCUT2D eigenvalue weighted by atomic mass is 9.88. The Kier molecular flexibility index (Phi) is 4.02. The molecule has 2 aliphatic heterocycles. The zero-order valence-electron chi connectivity index (χ0n) is 15.1. The molecule has 4 rings (SSSR count). The van der Waals surface area contributed by atoms with E-state index in [4.69, 9.17) is 0 Å². The van der Waals surface area contributed by atoms with Crippen LogP contribution in [0.4, 0.5) is 5.69 Å². The Hall–Kier alpha value is -2.30. The number of anilines is 1. The molecule has 3 heterocycles. The van der Waals surface area contributed by atoms with Crippen LogP contribution < -0.4 is 10.2 Å². The number of aryl methyl sites for hydroxylation is 1. The molecule has 0 fully saturated rings. The number of benzene rings is 1. The number of hydrogen-bond donors (Lipinski definition) is 2. The van der Waals surface area contributed by atoms with E-state index in [-0.39, 0.29) is 11.3 Å². The van der Waals surface area contributed by atoms with Crippen LogP contribution in [0.15, 0.2) is 24.3 Å². The van der Waals surface area contributed by atoms with Gasteiger partial charge in [0, 0.05) is 37.4 Å². The fraction of sp³-hybridized carbons (Fsp3) is 0.500. The van der Waals surface area contributed by atoms with Crippen LogP contribution in [-0.2, 0) is 19.3 Å². The van der Waals surface area contributed by atoms with Gasteiger partial charge in [0.1, 0.15) is 11.5 Å². The van der Waals surface area contributed by atoms with E-state index in [0.29, 0.717) is 12.2 Å². The molecule has 0 radical (unpaired) electrons. The average Bonchev–Trinajstić information content (AvgIpc) is 2.95. The maximum Gasteiger partial charge on any atom is 0.271 e. The van der Waals surface area contributed by atoms with Crippen LogP contribution in [0.1, 0.15) is 47.8 Å². The SMILES string of the molecule is CC1(C)CNC(=O)c2nc(CCN3CCCc4ccccc43)[nH]c2C1. The van der Waals surface area contributed by atoms with E-state index in [1.807, 2.05) is 0 Å². The van der Waals surface area contributed by atoms with Gasteiger partial charge in [-0.25, -0.2) is 4.98 Å². The first-order chi connectivity index (χ1) is 12.0. The third-order valence-corrected chi connectivity index (χ3v) is 5.25. The summed E-state index contributed by atoms with van der Waals surface area (Å²) in [7, 11) is 0. The Morgan fingerprint density at radius 1 is 1.28 bits per heavy atom. The number of aromatic amines is 1. The lowest BCUT2D eigenvalue weighted by Gasteiger charge is -2.31. The van der Waals surface area contributed by atoms with Gasteiger partial charge in [-0.3, -0.25) is 4.79 Å². The minimum atomic E-state index is -0.0496. The van der Waals surface area contributed by atoms with Gasteiger partial charge in [0.2, 0.25) is 0 Å². The number of nitrogens with one attached hydrogen (secondary N) is 2. The van der Waals surface area contributed by atoms with E-state index in [1.54, 1.807) is 0 Å². The number of H-pyrrole nitrogens is 1. The van der Waals surface area contributed by atoms with Crippen molar-refractivity contribution in [3.63, 3.8) is 0 Å². The summed E-state index contributed by atoms with van der Waals surface area (Å²) in [5.41, 5.74) is 4.40. The summed E-state index contributed by atoms with van der Waals surface area (Å²) in [6.07, 6.45) is 4.04. The van der Waals surface area contributed by atoms with Crippen LogP contribution in [0.25, 0.3) is 0 Å². The van der Waals surface area contributed by atoms with Crippen molar-refractivity contribution in [2.45, 2.75) is 39.5 Å². The number of imidazole rings is 1. The van der Waals surface area contributed by atoms with E-state index < -0.39 is 0 Å². The number of rotatable bonds is 3. The second-order valence-electron chi connectivity index (χ2n) is 8.00. The van der Waals surface area contributed by atoms with Crippen LogP contribution in [0.5, 0.6) is 0 Å². The van der Waals surface area contributed by atoms with Gasteiger partial charge in [-0.15, -0.1) is 0 Å². The molecule has 0 atom stereocenters. The summed E-state index contributed by atoms with van der Waals surface area (Å²) < 4.78 is 0. The van der Waals surface area contributed by atoms with Crippen molar-refractivity contribution in [1.29, 1.82) is 0 Å². The van der Waals surface area contributed by atoms with Crippen molar-refractivity contribution in [3.05, 3.63) is 47.0 Å². The van der Waals surface area contributed by atoms with E-state index in [1.165, 1.54) is 17.7 Å². The Morgan fingerprint density at radius 3 is 3.00 bits per heavy atom. The maximum absolute atomic E-state index is 12.3. The van der Waals surface area contributed by atoms with Gasteiger partial charge in [0.25, 0.3) is 5.91 Å². The largest absolute Gasteiger partial charge is 0.371 e. The minimum absolute atomic E-state index is 0.0496. The molecule has 0 aliphatic carbocycles. The number of amides is 1. The van der Waals surface area contributed by atoms with Gasteiger partial charge in [-0.1, -0.05) is 32.0 Å². The van der Waals surface area contributed by atoms with Gasteiger partial charge in [-0.2, -0.15) is 0 Å². The molecule has 0 saturated carbocycles. The second-order valence-corrected chi connectivity index (χ2v) is 8.00. The molecule has 25 heavy (non-hydrogen) atoms. The highest BCUT2D eigenvalue weighted by Crippen LogP contribution is 2.27. The Balaban J connectivity index is 1.50. The Bertz CT molecular complexity index is 793. The van der Waals surface area contributed by atoms with E-state index in [0.717, 1.165) is 43.9 Å². The molecule has 0 unspecified atom stereocenters. The van der Waals surface area contributed by atoms with Crippen LogP contribution >= 0.6 is 0 Å². The van der Waals surface area contributed by atoms with E-state index in [9.17, 15) is 4.79 Å². The highest BCUT2D eigenvalue weighted by Gasteiger charge is 2.29. The van der Waals surface area contributed by atoms with Crippen LogP contribution in [-0.4, -0.2) is 35.5 Å². The summed E-state index contributed by atoms with van der Waals surface area (Å²) in [6.45, 7) is 7.05. The number of para-hydroxylation sites is 1. The summed E-state index contributed by atoms with van der Waals surface area (Å²) in [4.78, 5) is 22.7. The zero-order chi connectivity index (χ0) is 17.4. The molecule has 5 heteroatoms. The van der Waals surface area contributed by atoms with Crippen molar-refractivity contribution in [3.8, 4) is 0 Å². The van der Waals surface area contributed by atoms with Gasteiger partial charge in [0.05, 0.1) is 0 Å². The number of nitrogens with zero attached hydrogens (tertiary/aromatic N) is 2. The summed E-state index contributed by atoms with van der Waals surface area (Å²) in [6, 6.07) is 8.66. The van der Waals surface area contributed by atoms with Gasteiger partial charge < -0.3 is 15.2 Å². The summed E-state index contributed by atoms with van der Waals surface area (Å²) in [5, 5.41) is 2.99. The van der Waals surface area contributed by atoms with E-state index >= 15 is 0 Å². The monoisotopic (exact) mass is 338 g/mol. The number of carbonyl (C=O) groups is 1. The highest BCUT2D eigenvalue weighted by molar-refractivity contribution is 5.93. The maximum atomic E-state index is 12.3. The van der Waals surface area contributed by atoms with Crippen molar-refractivity contribution in [2.24, 2.45) is 5.41 Å². The fourth-order valence-electron chi connectivity index (χ4n) is 3.93. The van der Waals surface area contributed by atoms with Crippen molar-refractivity contribution >= 4 is 11.6 Å². The first kappa shape index (κ1) is 16.2. The van der Waals surface area contributed by atoms with Gasteiger partial charge in [-0.05, 0) is 36.3 Å². The highest BCUT2D eigenvalue weighted by atomic mass is 16.1. The van der Waals surface area contributed by atoms with Gasteiger partial charge in [0.15, 0.2) is 0 Å². The topological polar surface area (TPSA) is 61.0 Å². The molecule has 1 aromatic carbocycles. The molecule has 132 valence electrons. The lowest BCUT2D eigenvalue weighted by molar-refractivity contribution is 0.0940. The molecular weight excluding hydrogens is 312 g/mol. The lowest BCUT2D eigenvalue weighted by Crippen LogP contribution is -2.32. The first-order valence-electron chi connectivity index (χ1n) is 9.21. The smallest absolute Gasteiger partial charge is 0.271 e. The summed E-state index contributed by atoms with van der Waals surface area (Å²) in [5.74, 6) is 0.868. The number of fused-ring (bicyclic) bond motifs is 2. The van der Waals surface area contributed by atoms with Crippen molar-refractivity contribution in [2.75, 3.05) is 24.5 Å². The molecule has 0 saturated heterocycles. The molecule has 1 amide bonds. The molecule has 5 nitrogen and oxygen atoms in total. The number of hydrogen-bond acceptors (Lipinski definition) is 3. The van der Waals surface area contributed by atoms with Crippen molar-refractivity contribution < 1.29 is 4.79 Å². The molecule has 0 spiro atoms. The number of aromatic nitrogens is 2. The third kappa shape index (κ3) is 3.28. The van der Waals surface area contributed by atoms with Crippen molar-refractivity contribution in [1.82, 2.24) is 15.3 Å². The van der Waals surface area contributed by atoms with Crippen LogP contribution in [0.2, 0.25) is 0 Å². The van der Waals surface area contributed by atoms with Crippen LogP contribution in [0, 0.1) is 5.41 Å². The first-order valence-corrected chi connectivity index (χ1v) is 9.21. The predicted octanol–water partition coefficient (Wildman–Crippen LogP) is 2.72. The third-order valence-electron chi connectivity index (χ3n) is 5.25. The number of carbonyl (C=O) groups excluding carboxylic acids is 1. The standard InChI is InChI=1S/C20H26N4O/c1-20(2)12-15-18(19(25)21-13-20)23-17(22-15)9-11-24-10-5-7-14-6-3-4-8-16(14)24/h3-4,6,8H,5,7,9-13H2,1-2H3,(H,21,25)(H,22,23). The minimum Gasteiger partial charge on any atom is -0.371 e. The molecule has 2 aromatic rings. The molecule has 0 bridgehead atoms. The average molecular weight is 338 g/mol. The molecule has 2 aliphatic rings. The fourth-order valence-corrected chi connectivity index (χ4v) is 3.93. The quantitative estimate of drug-likeness (QED) is 0.904. The second kappa shape index (κ2) is 6.21. The Morgan fingerprint density at radius 2 is 2.12 bits per heavy atom. The Labute approximate surface area is 148 Å². The normalized spacial score (nSPS) is 19.0. The van der Waals surface area contributed by atoms with Gasteiger partial charge >= 0.3 is 0 Å². The predicted molar refractivity (Wildman–Crippen MR) is 99.1 cm³/mol. The van der Waals surface area contributed by atoms with E-state index in [2.05, 4.69) is 58.3 Å². The molecule has 1 aromatic heterocycles. The van der Waals surface area contributed by atoms with Crippen LogP contribution in [0.3, 0.4) is 0 Å². The zero-order valence-corrected chi connectivity index (χ0v) is 15.1. The summed E-state index contributed by atoms with van der Waals surface area (Å²) >= 11 is 0. The molecular formula is C20H26N4O.